The lowest BCUT2D eigenvalue weighted by molar-refractivity contribution is 0.521. The van der Waals surface area contributed by atoms with E-state index < -0.39 is 0 Å². The fraction of sp³-hybridized carbons (Fsp3) is 0.667. The predicted octanol–water partition coefficient (Wildman–Crippen LogP) is 3.42. The van der Waals surface area contributed by atoms with Gasteiger partial charge in [0.15, 0.2) is 0 Å². The molecule has 2 aliphatic carbocycles. The number of fused-ring (bicyclic) bond motifs is 3. The molecule has 2 aromatic rings. The number of hydrogen-bond acceptors (Lipinski definition) is 4. The van der Waals surface area contributed by atoms with E-state index in [1.165, 1.54) is 23.3 Å². The highest BCUT2D eigenvalue weighted by molar-refractivity contribution is 7.18. The van der Waals surface area contributed by atoms with Gasteiger partial charge < -0.3 is 5.32 Å². The second-order valence-electron chi connectivity index (χ2n) is 7.35. The summed E-state index contributed by atoms with van der Waals surface area (Å²) >= 11 is 1.76. The van der Waals surface area contributed by atoms with Crippen LogP contribution in [0.15, 0.2) is 4.79 Å². The van der Waals surface area contributed by atoms with E-state index in [9.17, 15) is 4.79 Å². The van der Waals surface area contributed by atoms with Gasteiger partial charge in [0.1, 0.15) is 10.7 Å². The molecule has 2 aliphatic rings. The third kappa shape index (κ3) is 2.85. The van der Waals surface area contributed by atoms with Gasteiger partial charge in [-0.05, 0) is 56.6 Å². The molecule has 0 aromatic carbocycles. The molecule has 1 fully saturated rings. The van der Waals surface area contributed by atoms with Crippen molar-refractivity contribution in [3.63, 3.8) is 0 Å². The highest BCUT2D eigenvalue weighted by atomic mass is 32.1. The smallest absolute Gasteiger partial charge is 0.262 e. The Labute approximate surface area is 140 Å². The molecule has 2 heterocycles. The summed E-state index contributed by atoms with van der Waals surface area (Å²) in [4.78, 5) is 20.5. The van der Waals surface area contributed by atoms with Gasteiger partial charge in [0.2, 0.25) is 0 Å². The fourth-order valence-electron chi connectivity index (χ4n) is 3.57. The van der Waals surface area contributed by atoms with Crippen LogP contribution >= 0.6 is 11.3 Å². The molecular weight excluding hydrogens is 306 g/mol. The summed E-state index contributed by atoms with van der Waals surface area (Å²) in [6.07, 6.45) is 6.88. The van der Waals surface area contributed by atoms with E-state index in [2.05, 4.69) is 19.2 Å². The van der Waals surface area contributed by atoms with Gasteiger partial charge in [0.25, 0.3) is 5.56 Å². The quantitative estimate of drug-likeness (QED) is 0.913. The van der Waals surface area contributed by atoms with Crippen LogP contribution in [-0.4, -0.2) is 16.1 Å². The van der Waals surface area contributed by atoms with Crippen LogP contribution in [0.5, 0.6) is 0 Å². The third-order valence-corrected chi connectivity index (χ3v) is 6.03. The van der Waals surface area contributed by atoms with Crippen molar-refractivity contribution < 1.29 is 0 Å². The molecule has 4 rings (SSSR count). The average molecular weight is 331 g/mol. The molecule has 5 heteroatoms. The lowest BCUT2D eigenvalue weighted by atomic mass is 9.97. The Kier molecular flexibility index (Phi) is 4.01. The van der Waals surface area contributed by atoms with Gasteiger partial charge in [-0.25, -0.2) is 4.98 Å². The van der Waals surface area contributed by atoms with Crippen LogP contribution in [0.4, 0.5) is 0 Å². The lowest BCUT2D eigenvalue weighted by Gasteiger charge is -2.14. The number of nitrogens with one attached hydrogen (secondary N) is 1. The van der Waals surface area contributed by atoms with Crippen molar-refractivity contribution in [2.75, 3.05) is 6.54 Å². The maximum Gasteiger partial charge on any atom is 0.262 e. The summed E-state index contributed by atoms with van der Waals surface area (Å²) < 4.78 is 2.00. The zero-order valence-corrected chi connectivity index (χ0v) is 14.8. The third-order valence-electron chi connectivity index (χ3n) is 4.84. The number of aryl methyl sites for hydroxylation is 2. The summed E-state index contributed by atoms with van der Waals surface area (Å²) in [5, 5.41) is 4.39. The molecule has 0 amide bonds. The number of thiophene rings is 1. The molecule has 124 valence electrons. The monoisotopic (exact) mass is 331 g/mol. The van der Waals surface area contributed by atoms with Crippen LogP contribution in [0.2, 0.25) is 0 Å². The fourth-order valence-corrected chi connectivity index (χ4v) is 4.84. The minimum atomic E-state index is 0.221. The zero-order chi connectivity index (χ0) is 16.0. The number of hydrogen-bond donors (Lipinski definition) is 1. The standard InChI is InChI=1S/C18H25N3OS/c1-11(2)9-19-10-15-20-17-16(18(22)21(15)12-7-8-12)13-5-3-4-6-14(13)23-17/h11-12,19H,3-10H2,1-2H3. The molecule has 0 saturated heterocycles. The molecule has 0 atom stereocenters. The number of rotatable bonds is 5. The second-order valence-corrected chi connectivity index (χ2v) is 8.43. The molecule has 0 unspecified atom stereocenters. The summed E-state index contributed by atoms with van der Waals surface area (Å²) in [5.74, 6) is 1.54. The van der Waals surface area contributed by atoms with Gasteiger partial charge in [-0.2, -0.15) is 0 Å². The van der Waals surface area contributed by atoms with Gasteiger partial charge >= 0.3 is 0 Å². The topological polar surface area (TPSA) is 46.9 Å². The van der Waals surface area contributed by atoms with Crippen molar-refractivity contribution in [2.45, 2.75) is 65.0 Å². The van der Waals surface area contributed by atoms with E-state index in [0.717, 1.165) is 48.3 Å². The molecule has 0 radical (unpaired) electrons. The first-order chi connectivity index (χ1) is 11.1. The SMILES string of the molecule is CC(C)CNCc1nc2sc3c(c2c(=O)n1C1CC1)CCCC3. The van der Waals surface area contributed by atoms with Crippen molar-refractivity contribution >= 4 is 21.6 Å². The summed E-state index contributed by atoms with van der Waals surface area (Å²) in [7, 11) is 0. The molecule has 1 saturated carbocycles. The summed E-state index contributed by atoms with van der Waals surface area (Å²) in [6, 6.07) is 0.384. The van der Waals surface area contributed by atoms with Crippen molar-refractivity contribution in [2.24, 2.45) is 5.92 Å². The van der Waals surface area contributed by atoms with Crippen LogP contribution in [-0.2, 0) is 19.4 Å². The highest BCUT2D eigenvalue weighted by Crippen LogP contribution is 2.37. The first kappa shape index (κ1) is 15.3. The summed E-state index contributed by atoms with van der Waals surface area (Å²) in [5.41, 5.74) is 1.53. The van der Waals surface area contributed by atoms with E-state index in [1.54, 1.807) is 11.3 Å². The number of nitrogens with zero attached hydrogens (tertiary/aromatic N) is 2. The number of aromatic nitrogens is 2. The molecule has 23 heavy (non-hydrogen) atoms. The molecular formula is C18H25N3OS. The molecule has 2 aromatic heterocycles. The Morgan fingerprint density at radius 2 is 2.09 bits per heavy atom. The van der Waals surface area contributed by atoms with Crippen molar-refractivity contribution in [1.29, 1.82) is 0 Å². The molecule has 1 N–H and O–H groups in total. The largest absolute Gasteiger partial charge is 0.310 e. The normalized spacial score (nSPS) is 17.9. The minimum absolute atomic E-state index is 0.221. The van der Waals surface area contributed by atoms with Gasteiger partial charge in [-0.15, -0.1) is 11.3 Å². The molecule has 0 bridgehead atoms. The van der Waals surface area contributed by atoms with E-state index >= 15 is 0 Å². The van der Waals surface area contributed by atoms with E-state index in [4.69, 9.17) is 4.98 Å². The maximum atomic E-state index is 13.2. The van der Waals surface area contributed by atoms with Gasteiger partial charge in [-0.3, -0.25) is 9.36 Å². The zero-order valence-electron chi connectivity index (χ0n) is 14.0. The van der Waals surface area contributed by atoms with Crippen LogP contribution in [0.25, 0.3) is 10.2 Å². The minimum Gasteiger partial charge on any atom is -0.310 e. The highest BCUT2D eigenvalue weighted by Gasteiger charge is 2.30. The van der Waals surface area contributed by atoms with Crippen LogP contribution in [0.1, 0.15) is 61.8 Å². The van der Waals surface area contributed by atoms with Gasteiger partial charge in [0, 0.05) is 10.9 Å². The van der Waals surface area contributed by atoms with E-state index in [0.29, 0.717) is 18.5 Å². The Hall–Kier alpha value is -1.20. The maximum absolute atomic E-state index is 13.2. The van der Waals surface area contributed by atoms with Crippen LogP contribution < -0.4 is 10.9 Å². The Morgan fingerprint density at radius 3 is 2.83 bits per heavy atom. The van der Waals surface area contributed by atoms with E-state index in [1.807, 2.05) is 4.57 Å². The Balaban J connectivity index is 1.79. The predicted molar refractivity (Wildman–Crippen MR) is 95.3 cm³/mol. The molecule has 0 aliphatic heterocycles. The lowest BCUT2D eigenvalue weighted by Crippen LogP contribution is -2.29. The average Bonchev–Trinajstić information content (AvgIpc) is 3.26. The van der Waals surface area contributed by atoms with Gasteiger partial charge in [-0.1, -0.05) is 13.8 Å². The Bertz CT molecular complexity index is 786. The summed E-state index contributed by atoms with van der Waals surface area (Å²) in [6.45, 7) is 6.05. The molecule has 4 nitrogen and oxygen atoms in total. The van der Waals surface area contributed by atoms with E-state index in [-0.39, 0.29) is 5.56 Å². The second kappa shape index (κ2) is 6.02. The van der Waals surface area contributed by atoms with Crippen LogP contribution in [0, 0.1) is 5.92 Å². The first-order valence-electron chi connectivity index (χ1n) is 8.91. The first-order valence-corrected chi connectivity index (χ1v) is 9.73. The van der Waals surface area contributed by atoms with Crippen molar-refractivity contribution in [3.8, 4) is 0 Å². The van der Waals surface area contributed by atoms with Crippen molar-refractivity contribution in [3.05, 3.63) is 26.6 Å². The van der Waals surface area contributed by atoms with Crippen LogP contribution in [0.3, 0.4) is 0 Å². The van der Waals surface area contributed by atoms with Crippen molar-refractivity contribution in [1.82, 2.24) is 14.9 Å². The Morgan fingerprint density at radius 1 is 1.30 bits per heavy atom. The van der Waals surface area contributed by atoms with Gasteiger partial charge in [0.05, 0.1) is 11.9 Å². The molecule has 0 spiro atoms.